The first-order valence-electron chi connectivity index (χ1n) is 11.0. The maximum Gasteiger partial charge on any atom is 0.108 e. The van der Waals surface area contributed by atoms with Crippen LogP contribution >= 0.6 is 0 Å². The molecule has 29 heavy (non-hydrogen) atoms. The van der Waals surface area contributed by atoms with Crippen LogP contribution in [0.5, 0.6) is 0 Å². The molecule has 1 aliphatic heterocycles. The van der Waals surface area contributed by atoms with E-state index in [1.54, 1.807) is 0 Å². The zero-order valence-corrected chi connectivity index (χ0v) is 23.6. The van der Waals surface area contributed by atoms with Crippen molar-refractivity contribution in [2.24, 2.45) is 0 Å². The van der Waals surface area contributed by atoms with E-state index in [4.69, 9.17) is 5.73 Å². The molecule has 3 unspecified atom stereocenters. The molecule has 0 aromatic heterocycles. The van der Waals surface area contributed by atoms with Crippen molar-refractivity contribution in [3.8, 4) is 0 Å². The van der Waals surface area contributed by atoms with E-state index < -0.39 is 16.1 Å². The summed E-state index contributed by atoms with van der Waals surface area (Å²) in [6, 6.07) is 5.58. The number of anilines is 2. The quantitative estimate of drug-likeness (QED) is 0.405. The van der Waals surface area contributed by atoms with Crippen LogP contribution in [-0.4, -0.2) is 60.9 Å². The highest BCUT2D eigenvalue weighted by Gasteiger charge is 2.35. The standard InChI is InChI=1S/C23H46N3Si2.ClH/c1-17(27(6,7)8)21-14-19(25-13-12-20(16-25)26(3,4)5)15-22(23(21)24)18(2)28(9,10)11;/h14-15,17-18,20H,12-13,16,24H2,1-11H3;1H/q+1;/p-1. The average Bonchev–Trinajstić information content (AvgIpc) is 3.02. The molecule has 3 nitrogen and oxygen atoms in total. The molecule has 0 bridgehead atoms. The van der Waals surface area contributed by atoms with Gasteiger partial charge in [-0.1, -0.05) is 53.1 Å². The lowest BCUT2D eigenvalue weighted by atomic mass is 10.0. The van der Waals surface area contributed by atoms with Crippen LogP contribution in [0.4, 0.5) is 11.4 Å². The molecule has 2 N–H and O–H groups in total. The largest absolute Gasteiger partial charge is 1.00 e. The normalized spacial score (nSPS) is 20.4. The summed E-state index contributed by atoms with van der Waals surface area (Å²) in [7, 11) is 4.32. The number of likely N-dealkylation sites (N-methyl/N-ethyl adjacent to an activating group) is 1. The number of hydrogen-bond donors (Lipinski definition) is 1. The van der Waals surface area contributed by atoms with Crippen LogP contribution in [0.1, 0.15) is 42.5 Å². The topological polar surface area (TPSA) is 29.3 Å². The monoisotopic (exact) mass is 455 g/mol. The van der Waals surface area contributed by atoms with E-state index in [0.717, 1.165) is 23.3 Å². The molecule has 0 amide bonds. The van der Waals surface area contributed by atoms with Gasteiger partial charge >= 0.3 is 0 Å². The minimum absolute atomic E-state index is 0. The van der Waals surface area contributed by atoms with Gasteiger partial charge in [-0.05, 0) is 34.3 Å². The van der Waals surface area contributed by atoms with Crippen molar-refractivity contribution < 1.29 is 16.9 Å². The fourth-order valence-electron chi connectivity index (χ4n) is 4.12. The smallest absolute Gasteiger partial charge is 0.108 e. The highest BCUT2D eigenvalue weighted by atomic mass is 35.5. The molecule has 1 aromatic carbocycles. The minimum atomic E-state index is -1.33. The first-order chi connectivity index (χ1) is 12.5. The summed E-state index contributed by atoms with van der Waals surface area (Å²) in [6.45, 7) is 21.9. The van der Waals surface area contributed by atoms with Crippen LogP contribution < -0.4 is 23.0 Å². The Balaban J connectivity index is 0.00000420. The van der Waals surface area contributed by atoms with Crippen LogP contribution in [0, 0.1) is 0 Å². The Labute approximate surface area is 189 Å². The van der Waals surface area contributed by atoms with Crippen molar-refractivity contribution in [2.75, 3.05) is 44.9 Å². The lowest BCUT2D eigenvalue weighted by Crippen LogP contribution is -3.00. The van der Waals surface area contributed by atoms with Crippen molar-refractivity contribution in [1.29, 1.82) is 0 Å². The van der Waals surface area contributed by atoms with Gasteiger partial charge in [-0.15, -0.1) is 0 Å². The molecule has 2 rings (SSSR count). The molecule has 1 aliphatic rings. The first-order valence-corrected chi connectivity index (χ1v) is 18.2. The van der Waals surface area contributed by atoms with Gasteiger partial charge in [0.2, 0.25) is 0 Å². The molecule has 1 saturated heterocycles. The Bertz CT molecular complexity index is 661. The number of nitrogens with two attached hydrogens (primary N) is 1. The minimum Gasteiger partial charge on any atom is -1.00 e. The molecule has 1 aromatic rings. The second kappa shape index (κ2) is 8.93. The highest BCUT2D eigenvalue weighted by molar-refractivity contribution is 6.78. The molecule has 1 fully saturated rings. The third-order valence-corrected chi connectivity index (χ3v) is 13.2. The van der Waals surface area contributed by atoms with Gasteiger partial charge in [-0.2, -0.15) is 0 Å². The van der Waals surface area contributed by atoms with Gasteiger partial charge < -0.3 is 27.5 Å². The van der Waals surface area contributed by atoms with Gasteiger partial charge in [0.05, 0.1) is 43.8 Å². The lowest BCUT2D eigenvalue weighted by molar-refractivity contribution is -0.893. The lowest BCUT2D eigenvalue weighted by Gasteiger charge is -2.34. The van der Waals surface area contributed by atoms with E-state index in [-0.39, 0.29) is 12.4 Å². The Kier molecular flexibility index (Phi) is 8.18. The fraction of sp³-hybridized carbons (Fsp3) is 0.739. The van der Waals surface area contributed by atoms with E-state index in [9.17, 15) is 0 Å². The van der Waals surface area contributed by atoms with Crippen LogP contribution in [0.3, 0.4) is 0 Å². The second-order valence-electron chi connectivity index (χ2n) is 12.2. The van der Waals surface area contributed by atoms with Crippen LogP contribution in [0.2, 0.25) is 39.3 Å². The first kappa shape index (κ1) is 26.5. The van der Waals surface area contributed by atoms with Gasteiger partial charge in [-0.25, -0.2) is 0 Å². The number of rotatable bonds is 6. The van der Waals surface area contributed by atoms with E-state index in [2.05, 4.69) is 91.3 Å². The molecular formula is C23H46ClN3Si2. The van der Waals surface area contributed by atoms with E-state index in [1.807, 2.05) is 0 Å². The third kappa shape index (κ3) is 6.02. The molecule has 0 saturated carbocycles. The van der Waals surface area contributed by atoms with Gasteiger partial charge in [0.15, 0.2) is 0 Å². The Morgan fingerprint density at radius 2 is 1.34 bits per heavy atom. The van der Waals surface area contributed by atoms with Crippen LogP contribution in [0.25, 0.3) is 0 Å². The zero-order valence-electron chi connectivity index (χ0n) is 20.9. The summed E-state index contributed by atoms with van der Waals surface area (Å²) in [4.78, 5) is 2.62. The molecule has 1 heterocycles. The van der Waals surface area contributed by atoms with Crippen molar-refractivity contribution in [3.63, 3.8) is 0 Å². The maximum absolute atomic E-state index is 6.87. The molecule has 3 atom stereocenters. The number of nitrogens with zero attached hydrogens (tertiary/aromatic N) is 2. The van der Waals surface area contributed by atoms with Gasteiger partial charge in [-0.3, -0.25) is 0 Å². The Hall–Kier alpha value is -0.496. The van der Waals surface area contributed by atoms with E-state index in [1.165, 1.54) is 23.2 Å². The molecule has 6 heteroatoms. The molecular weight excluding hydrogens is 410 g/mol. The summed E-state index contributed by atoms with van der Waals surface area (Å²) in [5.41, 5.74) is 13.3. The van der Waals surface area contributed by atoms with Gasteiger partial charge in [0, 0.05) is 24.3 Å². The number of halogens is 1. The highest BCUT2D eigenvalue weighted by Crippen LogP contribution is 2.41. The predicted octanol–water partition coefficient (Wildman–Crippen LogP) is 2.52. The summed E-state index contributed by atoms with van der Waals surface area (Å²) < 4.78 is 1.04. The number of hydrogen-bond acceptors (Lipinski definition) is 2. The Morgan fingerprint density at radius 1 is 0.931 bits per heavy atom. The van der Waals surface area contributed by atoms with Crippen LogP contribution in [0.15, 0.2) is 12.1 Å². The number of nitrogen functional groups attached to an aromatic ring is 1. The Morgan fingerprint density at radius 3 is 1.66 bits per heavy atom. The van der Waals surface area contributed by atoms with Crippen molar-refractivity contribution in [1.82, 2.24) is 0 Å². The van der Waals surface area contributed by atoms with Gasteiger partial charge in [0.1, 0.15) is 6.04 Å². The molecule has 0 radical (unpaired) electrons. The summed E-state index contributed by atoms with van der Waals surface area (Å²) in [5, 5.41) is 0. The summed E-state index contributed by atoms with van der Waals surface area (Å²) in [6.07, 6.45) is 1.27. The number of benzene rings is 1. The SMILES string of the molecule is CC(c1cc(N2CCC([N+](C)(C)C)C2)cc(C(C)[Si](C)(C)C)c1N)[Si](C)(C)C.[Cl-]. The average molecular weight is 456 g/mol. The van der Waals surface area contributed by atoms with Crippen molar-refractivity contribution >= 4 is 27.5 Å². The van der Waals surface area contributed by atoms with Crippen LogP contribution in [-0.2, 0) is 0 Å². The summed E-state index contributed by atoms with van der Waals surface area (Å²) in [5.74, 6) is 0. The van der Waals surface area contributed by atoms with E-state index >= 15 is 0 Å². The van der Waals surface area contributed by atoms with Gasteiger partial charge in [0.25, 0.3) is 0 Å². The van der Waals surface area contributed by atoms with Crippen molar-refractivity contribution in [3.05, 3.63) is 23.3 Å². The molecule has 0 spiro atoms. The molecule has 0 aliphatic carbocycles. The van der Waals surface area contributed by atoms with Crippen molar-refractivity contribution in [2.45, 2.75) is 76.7 Å². The number of quaternary nitrogens is 1. The van der Waals surface area contributed by atoms with E-state index in [0.29, 0.717) is 17.1 Å². The molecule has 168 valence electrons. The fourth-order valence-corrected chi connectivity index (χ4v) is 6.47. The zero-order chi connectivity index (χ0) is 21.7. The summed E-state index contributed by atoms with van der Waals surface area (Å²) >= 11 is 0. The maximum atomic E-state index is 6.87. The third-order valence-electron chi connectivity index (χ3n) is 7.38. The predicted molar refractivity (Wildman–Crippen MR) is 133 cm³/mol. The second-order valence-corrected chi connectivity index (χ2v) is 23.4.